The van der Waals surface area contributed by atoms with Gasteiger partial charge < -0.3 is 13.7 Å². The maximum Gasteiger partial charge on any atom is 0.339 e. The minimum Gasteiger partial charge on any atom is -0.496 e. The quantitative estimate of drug-likeness (QED) is 0.306. The number of aryl methyl sites for hydroxylation is 2. The molecule has 0 atom stereocenters. The molecule has 1 amide bonds. The Morgan fingerprint density at radius 1 is 0.909 bits per heavy atom. The van der Waals surface area contributed by atoms with Crippen LogP contribution in [0.1, 0.15) is 27.0 Å². The average molecular weight is 469 g/mol. The lowest BCUT2D eigenvalue weighted by Gasteiger charge is -2.13. The van der Waals surface area contributed by atoms with Crippen LogP contribution in [0.25, 0.3) is 0 Å². The Kier molecular flexibility index (Phi) is 7.34. The number of carbonyl (C=O) groups is 1. The van der Waals surface area contributed by atoms with Crippen LogP contribution in [-0.2, 0) is 10.1 Å². The molecule has 8 nitrogen and oxygen atoms in total. The molecule has 0 fully saturated rings. The first-order valence-electron chi connectivity index (χ1n) is 9.91. The first-order chi connectivity index (χ1) is 15.7. The average Bonchev–Trinajstić information content (AvgIpc) is 2.79. The topological polar surface area (TPSA) is 103 Å². The van der Waals surface area contributed by atoms with Crippen molar-refractivity contribution in [3.63, 3.8) is 0 Å². The summed E-state index contributed by atoms with van der Waals surface area (Å²) in [5.74, 6) is 0.0747. The van der Waals surface area contributed by atoms with Crippen LogP contribution >= 0.6 is 0 Å². The molecule has 0 saturated carbocycles. The number of amides is 1. The summed E-state index contributed by atoms with van der Waals surface area (Å²) >= 11 is 0. The van der Waals surface area contributed by atoms with Gasteiger partial charge >= 0.3 is 10.1 Å². The Labute approximate surface area is 192 Å². The molecule has 9 heteroatoms. The predicted octanol–water partition coefficient (Wildman–Crippen LogP) is 3.85. The van der Waals surface area contributed by atoms with Crippen molar-refractivity contribution < 1.29 is 26.9 Å². The summed E-state index contributed by atoms with van der Waals surface area (Å²) in [5.41, 5.74) is 4.88. The first kappa shape index (κ1) is 23.8. The highest BCUT2D eigenvalue weighted by molar-refractivity contribution is 7.87. The molecule has 0 radical (unpaired) electrons. The first-order valence-corrected chi connectivity index (χ1v) is 11.3. The highest BCUT2D eigenvalue weighted by Crippen LogP contribution is 2.32. The molecule has 3 rings (SSSR count). The zero-order chi connectivity index (χ0) is 24.0. The van der Waals surface area contributed by atoms with Crippen molar-refractivity contribution in [2.75, 3.05) is 14.2 Å². The highest BCUT2D eigenvalue weighted by atomic mass is 32.2. The Balaban J connectivity index is 1.86. The number of nitrogens with zero attached hydrogens (tertiary/aromatic N) is 1. The van der Waals surface area contributed by atoms with E-state index in [2.05, 4.69) is 10.5 Å². The molecule has 3 aromatic carbocycles. The van der Waals surface area contributed by atoms with Crippen LogP contribution in [-0.4, -0.2) is 34.8 Å². The van der Waals surface area contributed by atoms with E-state index in [0.29, 0.717) is 16.9 Å². The second-order valence-electron chi connectivity index (χ2n) is 7.13. The summed E-state index contributed by atoms with van der Waals surface area (Å²) in [6, 6.07) is 16.2. The standard InChI is InChI=1S/C24H24N2O6S/c1-16-8-11-19(12-9-16)33(28,29)32-23-18(6-5-7-21(23)30-3)15-25-26-24(27)20-13-10-17(2)14-22(20)31-4/h5-15H,1-4H3,(H,26,27). The van der Waals surface area contributed by atoms with E-state index in [0.717, 1.165) is 11.1 Å². The van der Waals surface area contributed by atoms with E-state index < -0.39 is 16.0 Å². The predicted molar refractivity (Wildman–Crippen MR) is 125 cm³/mol. The van der Waals surface area contributed by atoms with E-state index in [1.807, 2.05) is 13.8 Å². The third-order valence-corrected chi connectivity index (χ3v) is 5.94. The van der Waals surface area contributed by atoms with Crippen LogP contribution in [0, 0.1) is 13.8 Å². The molecule has 0 heterocycles. The summed E-state index contributed by atoms with van der Waals surface area (Å²) in [6.45, 7) is 3.74. The lowest BCUT2D eigenvalue weighted by Crippen LogP contribution is -2.18. The molecule has 0 aliphatic rings. The van der Waals surface area contributed by atoms with Crippen molar-refractivity contribution in [2.24, 2.45) is 5.10 Å². The van der Waals surface area contributed by atoms with Crippen LogP contribution in [0.15, 0.2) is 70.7 Å². The van der Waals surface area contributed by atoms with Crippen molar-refractivity contribution in [2.45, 2.75) is 18.7 Å². The molecule has 0 aliphatic heterocycles. The maximum atomic E-state index is 12.8. The number of methoxy groups -OCH3 is 2. The van der Waals surface area contributed by atoms with Crippen molar-refractivity contribution in [3.05, 3.63) is 82.9 Å². The number of hydrazone groups is 1. The lowest BCUT2D eigenvalue weighted by molar-refractivity contribution is 0.0952. The van der Waals surface area contributed by atoms with Gasteiger partial charge in [0.1, 0.15) is 10.6 Å². The number of ether oxygens (including phenoxy) is 2. The molecule has 0 saturated heterocycles. The molecule has 0 aliphatic carbocycles. The molecule has 1 N–H and O–H groups in total. The minimum absolute atomic E-state index is 0.00154. The third kappa shape index (κ3) is 5.69. The van der Waals surface area contributed by atoms with Gasteiger partial charge in [-0.05, 0) is 55.8 Å². The fourth-order valence-electron chi connectivity index (χ4n) is 2.95. The third-order valence-electron chi connectivity index (χ3n) is 4.70. The number of para-hydroxylation sites is 1. The fourth-order valence-corrected chi connectivity index (χ4v) is 3.92. The fraction of sp³-hybridized carbons (Fsp3) is 0.167. The second kappa shape index (κ2) is 10.2. The molecule has 0 bridgehead atoms. The zero-order valence-corrected chi connectivity index (χ0v) is 19.5. The van der Waals surface area contributed by atoms with E-state index in [-0.39, 0.29) is 16.4 Å². The number of hydrogen-bond acceptors (Lipinski definition) is 7. The molecule has 0 spiro atoms. The normalized spacial score (nSPS) is 11.3. The number of rotatable bonds is 8. The van der Waals surface area contributed by atoms with Gasteiger partial charge in [0.2, 0.25) is 0 Å². The van der Waals surface area contributed by atoms with E-state index in [1.165, 1.54) is 32.6 Å². The summed E-state index contributed by atoms with van der Waals surface area (Å²) in [6.07, 6.45) is 1.28. The van der Waals surface area contributed by atoms with Gasteiger partial charge in [0, 0.05) is 5.56 Å². The number of hydrogen-bond donors (Lipinski definition) is 1. The van der Waals surface area contributed by atoms with Crippen LogP contribution in [0.5, 0.6) is 17.2 Å². The van der Waals surface area contributed by atoms with Gasteiger partial charge in [0.15, 0.2) is 11.5 Å². The summed E-state index contributed by atoms with van der Waals surface area (Å²) in [5, 5.41) is 3.96. The van der Waals surface area contributed by atoms with Gasteiger partial charge in [-0.25, -0.2) is 5.43 Å². The number of nitrogens with one attached hydrogen (secondary N) is 1. The van der Waals surface area contributed by atoms with Crippen LogP contribution < -0.4 is 19.1 Å². The van der Waals surface area contributed by atoms with Crippen molar-refractivity contribution in [1.29, 1.82) is 0 Å². The number of carbonyl (C=O) groups excluding carboxylic acids is 1. The highest BCUT2D eigenvalue weighted by Gasteiger charge is 2.21. The van der Waals surface area contributed by atoms with Gasteiger partial charge in [-0.15, -0.1) is 0 Å². The Morgan fingerprint density at radius 3 is 2.24 bits per heavy atom. The van der Waals surface area contributed by atoms with Gasteiger partial charge in [0.05, 0.1) is 26.0 Å². The van der Waals surface area contributed by atoms with Gasteiger partial charge in [-0.1, -0.05) is 29.8 Å². The van der Waals surface area contributed by atoms with Crippen molar-refractivity contribution >= 4 is 22.2 Å². The SMILES string of the molecule is COc1cc(C)ccc1C(=O)NN=Cc1cccc(OC)c1OS(=O)(=O)c1ccc(C)cc1. The smallest absolute Gasteiger partial charge is 0.339 e. The molecule has 172 valence electrons. The zero-order valence-electron chi connectivity index (χ0n) is 18.7. The van der Waals surface area contributed by atoms with E-state index in [4.69, 9.17) is 13.7 Å². The maximum absolute atomic E-state index is 12.8. The summed E-state index contributed by atoms with van der Waals surface area (Å²) < 4.78 is 41.5. The summed E-state index contributed by atoms with van der Waals surface area (Å²) in [4.78, 5) is 12.5. The van der Waals surface area contributed by atoms with E-state index in [9.17, 15) is 13.2 Å². The molecular weight excluding hydrogens is 444 g/mol. The van der Waals surface area contributed by atoms with Crippen LogP contribution in [0.4, 0.5) is 0 Å². The molecule has 3 aromatic rings. The Bertz CT molecular complexity index is 1280. The van der Waals surface area contributed by atoms with Gasteiger partial charge in [-0.2, -0.15) is 13.5 Å². The van der Waals surface area contributed by atoms with E-state index in [1.54, 1.807) is 48.5 Å². The Hall–Kier alpha value is -3.85. The monoisotopic (exact) mass is 468 g/mol. The van der Waals surface area contributed by atoms with Crippen LogP contribution in [0.2, 0.25) is 0 Å². The van der Waals surface area contributed by atoms with Crippen molar-refractivity contribution in [1.82, 2.24) is 5.43 Å². The lowest BCUT2D eigenvalue weighted by atomic mass is 10.1. The van der Waals surface area contributed by atoms with Crippen LogP contribution in [0.3, 0.4) is 0 Å². The van der Waals surface area contributed by atoms with Gasteiger partial charge in [0.25, 0.3) is 5.91 Å². The molecule has 0 aromatic heterocycles. The minimum atomic E-state index is -4.13. The largest absolute Gasteiger partial charge is 0.496 e. The Morgan fingerprint density at radius 2 is 1.58 bits per heavy atom. The second-order valence-corrected chi connectivity index (χ2v) is 8.68. The molecular formula is C24H24N2O6S. The van der Waals surface area contributed by atoms with Crippen molar-refractivity contribution in [3.8, 4) is 17.2 Å². The van der Waals surface area contributed by atoms with Gasteiger partial charge in [-0.3, -0.25) is 4.79 Å². The summed E-state index contributed by atoms with van der Waals surface area (Å²) in [7, 11) is -1.26. The number of benzene rings is 3. The molecule has 0 unspecified atom stereocenters. The molecule has 33 heavy (non-hydrogen) atoms. The van der Waals surface area contributed by atoms with E-state index >= 15 is 0 Å².